The molecule has 1 fully saturated rings. The minimum atomic E-state index is -0.840. The van der Waals surface area contributed by atoms with E-state index in [1.165, 1.54) is 11.8 Å². The van der Waals surface area contributed by atoms with Crippen molar-refractivity contribution in [2.75, 3.05) is 0 Å². The predicted molar refractivity (Wildman–Crippen MR) is 59.4 cm³/mol. The Morgan fingerprint density at radius 1 is 1.50 bits per heavy atom. The number of hydrogen-bond acceptors (Lipinski definition) is 3. The Balaban J connectivity index is 3.01. The van der Waals surface area contributed by atoms with E-state index >= 15 is 0 Å². The first-order chi connectivity index (χ1) is 6.37. The smallest absolute Gasteiger partial charge is 0.322 e. The molecule has 0 radical (unpaired) electrons. The van der Waals surface area contributed by atoms with Crippen molar-refractivity contribution in [1.29, 1.82) is 0 Å². The lowest BCUT2D eigenvalue weighted by molar-refractivity contribution is -0.139. The lowest BCUT2D eigenvalue weighted by Gasteiger charge is -2.22. The molecular weight excluding hydrogens is 198 g/mol. The van der Waals surface area contributed by atoms with Crippen LogP contribution in [0.4, 0.5) is 0 Å². The van der Waals surface area contributed by atoms with Crippen molar-refractivity contribution in [2.24, 2.45) is 0 Å². The molecule has 1 atom stereocenters. The van der Waals surface area contributed by atoms with Gasteiger partial charge in [0.2, 0.25) is 0 Å². The molecular formula is C10H15NO2S. The zero-order valence-corrected chi connectivity index (χ0v) is 9.23. The predicted octanol–water partition coefficient (Wildman–Crippen LogP) is 1.62. The Bertz CT molecular complexity index is 278. The van der Waals surface area contributed by atoms with Gasteiger partial charge in [0.05, 0.1) is 0 Å². The highest BCUT2D eigenvalue weighted by Gasteiger charge is 2.50. The number of hydrogen-bond donors (Lipinski definition) is 2. The molecule has 1 unspecified atom stereocenters. The fourth-order valence-corrected chi connectivity index (χ4v) is 3.06. The van der Waals surface area contributed by atoms with Crippen LogP contribution in [0.25, 0.3) is 0 Å². The molecule has 0 spiro atoms. The van der Waals surface area contributed by atoms with Crippen LogP contribution in [-0.4, -0.2) is 26.7 Å². The van der Waals surface area contributed by atoms with Crippen molar-refractivity contribution in [1.82, 2.24) is 5.32 Å². The Hall–Kier alpha value is -0.740. The highest BCUT2D eigenvalue weighted by molar-refractivity contribution is 8.02. The molecule has 14 heavy (non-hydrogen) atoms. The van der Waals surface area contributed by atoms with Gasteiger partial charge in [0.15, 0.2) is 0 Å². The minimum Gasteiger partial charge on any atom is -0.480 e. The van der Waals surface area contributed by atoms with Crippen molar-refractivity contribution in [3.05, 3.63) is 25.3 Å². The molecule has 1 rings (SSSR count). The number of rotatable bonds is 3. The zero-order chi connectivity index (χ0) is 11.0. The van der Waals surface area contributed by atoms with Crippen LogP contribution in [0, 0.1) is 0 Å². The van der Waals surface area contributed by atoms with Crippen molar-refractivity contribution in [2.45, 2.75) is 29.5 Å². The molecule has 0 amide bonds. The highest BCUT2D eigenvalue weighted by Crippen LogP contribution is 2.45. The second-order valence-electron chi connectivity index (χ2n) is 3.82. The third-order valence-electron chi connectivity index (χ3n) is 2.35. The minimum absolute atomic E-state index is 0.367. The van der Waals surface area contributed by atoms with Gasteiger partial charge in [-0.05, 0) is 13.8 Å². The number of carbonyl (C=O) groups is 1. The van der Waals surface area contributed by atoms with E-state index in [0.717, 1.165) is 0 Å². The molecule has 4 heteroatoms. The summed E-state index contributed by atoms with van der Waals surface area (Å²) in [5.41, 5.74) is 0. The monoisotopic (exact) mass is 213 g/mol. The van der Waals surface area contributed by atoms with Gasteiger partial charge in [0.25, 0.3) is 0 Å². The number of thioether (sulfide) groups is 1. The number of carboxylic acids is 1. The van der Waals surface area contributed by atoms with Crippen molar-refractivity contribution in [3.8, 4) is 0 Å². The number of aliphatic carboxylic acids is 1. The molecule has 1 aliphatic heterocycles. The average Bonchev–Trinajstić information content (AvgIpc) is 2.38. The van der Waals surface area contributed by atoms with E-state index in [9.17, 15) is 4.79 Å². The van der Waals surface area contributed by atoms with Gasteiger partial charge >= 0.3 is 5.97 Å². The zero-order valence-electron chi connectivity index (χ0n) is 8.41. The van der Waals surface area contributed by atoms with E-state index in [1.54, 1.807) is 12.2 Å². The summed E-state index contributed by atoms with van der Waals surface area (Å²) in [6.07, 6.45) is 3.38. The van der Waals surface area contributed by atoms with E-state index in [4.69, 9.17) is 5.11 Å². The van der Waals surface area contributed by atoms with Crippen molar-refractivity contribution < 1.29 is 9.90 Å². The Labute approximate surface area is 88.3 Å². The fourth-order valence-electron chi connectivity index (χ4n) is 1.57. The third-order valence-corrected chi connectivity index (χ3v) is 3.90. The van der Waals surface area contributed by atoms with Gasteiger partial charge in [-0.25, -0.2) is 0 Å². The van der Waals surface area contributed by atoms with E-state index in [2.05, 4.69) is 18.5 Å². The third kappa shape index (κ3) is 1.72. The molecule has 0 aromatic rings. The van der Waals surface area contributed by atoms with E-state index in [-0.39, 0.29) is 4.75 Å². The van der Waals surface area contributed by atoms with Gasteiger partial charge in [-0.3, -0.25) is 10.1 Å². The van der Waals surface area contributed by atoms with Gasteiger partial charge in [-0.2, -0.15) is 0 Å². The van der Waals surface area contributed by atoms with E-state index in [0.29, 0.717) is 0 Å². The Morgan fingerprint density at radius 2 is 2.00 bits per heavy atom. The molecule has 78 valence electrons. The summed E-state index contributed by atoms with van der Waals surface area (Å²) < 4.78 is -0.367. The molecule has 0 aromatic heterocycles. The van der Waals surface area contributed by atoms with Crippen LogP contribution in [0.15, 0.2) is 25.3 Å². The maximum Gasteiger partial charge on any atom is 0.322 e. The van der Waals surface area contributed by atoms with Crippen LogP contribution < -0.4 is 5.32 Å². The normalized spacial score (nSPS) is 28.3. The summed E-state index contributed by atoms with van der Waals surface area (Å²) >= 11 is 1.52. The van der Waals surface area contributed by atoms with Crippen LogP contribution in [0.2, 0.25) is 0 Å². The quantitative estimate of drug-likeness (QED) is 0.699. The molecule has 0 aromatic carbocycles. The fraction of sp³-hybridized carbons (Fsp3) is 0.500. The van der Waals surface area contributed by atoms with Crippen molar-refractivity contribution in [3.63, 3.8) is 0 Å². The van der Waals surface area contributed by atoms with Crippen LogP contribution in [-0.2, 0) is 4.79 Å². The van der Waals surface area contributed by atoms with E-state index < -0.39 is 16.9 Å². The standard InChI is InChI=1S/C10H15NO2S/c1-5-10(6-2)11-7(8(12)13)9(3,4)14-10/h5-7,11H,1-2H2,3-4H3,(H,12,13). The summed E-state index contributed by atoms with van der Waals surface area (Å²) in [4.78, 5) is 10.5. The first-order valence-corrected chi connectivity index (χ1v) is 5.16. The van der Waals surface area contributed by atoms with Gasteiger partial charge in [0, 0.05) is 4.75 Å². The van der Waals surface area contributed by atoms with Gasteiger partial charge < -0.3 is 5.11 Å². The summed E-state index contributed by atoms with van der Waals surface area (Å²) in [7, 11) is 0. The maximum absolute atomic E-state index is 11.0. The van der Waals surface area contributed by atoms with Gasteiger partial charge in [-0.1, -0.05) is 12.2 Å². The topological polar surface area (TPSA) is 49.3 Å². The Morgan fingerprint density at radius 3 is 2.21 bits per heavy atom. The van der Waals surface area contributed by atoms with Crippen LogP contribution in [0.3, 0.4) is 0 Å². The lowest BCUT2D eigenvalue weighted by atomic mass is 10.0. The molecule has 0 bridgehead atoms. The first-order valence-electron chi connectivity index (χ1n) is 4.35. The van der Waals surface area contributed by atoms with E-state index in [1.807, 2.05) is 13.8 Å². The van der Waals surface area contributed by atoms with Gasteiger partial charge in [0.1, 0.15) is 10.9 Å². The first kappa shape index (κ1) is 11.3. The molecule has 2 N–H and O–H groups in total. The summed E-state index contributed by atoms with van der Waals surface area (Å²) in [5.74, 6) is -0.840. The molecule has 0 aliphatic carbocycles. The molecule has 1 aliphatic rings. The largest absolute Gasteiger partial charge is 0.480 e. The maximum atomic E-state index is 11.0. The van der Waals surface area contributed by atoms with Crippen LogP contribution in [0.5, 0.6) is 0 Å². The second-order valence-corrected chi connectivity index (χ2v) is 5.75. The lowest BCUT2D eigenvalue weighted by Crippen LogP contribution is -2.47. The SMILES string of the molecule is C=CC1(C=C)NC(C(=O)O)C(C)(C)S1. The highest BCUT2D eigenvalue weighted by atomic mass is 32.2. The molecule has 1 heterocycles. The average molecular weight is 213 g/mol. The molecule has 0 saturated carbocycles. The summed E-state index contributed by atoms with van der Waals surface area (Å²) in [5, 5.41) is 12.0. The summed E-state index contributed by atoms with van der Waals surface area (Å²) in [6.45, 7) is 11.2. The number of nitrogens with one attached hydrogen (secondary N) is 1. The Kier molecular flexibility index (Phi) is 2.78. The number of carboxylic acid groups (broad SMARTS) is 1. The van der Waals surface area contributed by atoms with Crippen LogP contribution >= 0.6 is 11.8 Å². The molecule has 1 saturated heterocycles. The van der Waals surface area contributed by atoms with Crippen molar-refractivity contribution >= 4 is 17.7 Å². The summed E-state index contributed by atoms with van der Waals surface area (Å²) in [6, 6.07) is -0.580. The van der Waals surface area contributed by atoms with Crippen LogP contribution in [0.1, 0.15) is 13.8 Å². The molecule has 3 nitrogen and oxygen atoms in total. The van der Waals surface area contributed by atoms with Gasteiger partial charge in [-0.15, -0.1) is 24.9 Å². The second kappa shape index (κ2) is 3.44.